The summed E-state index contributed by atoms with van der Waals surface area (Å²) in [7, 11) is 2.26. The maximum atomic E-state index is 12.1. The van der Waals surface area contributed by atoms with E-state index in [2.05, 4.69) is 50.1 Å². The van der Waals surface area contributed by atoms with Gasteiger partial charge in [-0.25, -0.2) is 0 Å². The third kappa shape index (κ3) is 2.64. The average molecular weight is 454 g/mol. The van der Waals surface area contributed by atoms with Crippen LogP contribution in [-0.4, -0.2) is 58.7 Å². The topological polar surface area (TPSA) is 43.7 Å². The van der Waals surface area contributed by atoms with Crippen LogP contribution in [0.3, 0.4) is 0 Å². The average Bonchev–Trinajstić information content (AvgIpc) is 3.21. The Morgan fingerprint density at radius 3 is 2.48 bits per heavy atom. The molecule has 0 unspecified atom stereocenters. The summed E-state index contributed by atoms with van der Waals surface area (Å²) in [6.07, 6.45) is 12.0. The SMILES string of the molecule is CCCCCCCCC[N@@+]12[C@H](O)[C@@H](CC)[C@H]3C[C@H]1[C@@H]1N(C)c4ccccc4[C@]14C[C@H]2[C@@H]3[C@@H]4O. The largest absolute Gasteiger partial charge is 0.392 e. The van der Waals surface area contributed by atoms with Crippen LogP contribution in [0.5, 0.6) is 0 Å². The lowest BCUT2D eigenvalue weighted by Crippen LogP contribution is -2.83. The van der Waals surface area contributed by atoms with E-state index in [0.717, 1.165) is 23.9 Å². The van der Waals surface area contributed by atoms with Gasteiger partial charge in [-0.3, -0.25) is 4.48 Å². The number of hydrogen-bond donors (Lipinski definition) is 2. The molecule has 5 aliphatic heterocycles. The molecule has 5 fully saturated rings. The Kier molecular flexibility index (Phi) is 5.40. The third-order valence-corrected chi connectivity index (χ3v) is 11.3. The zero-order valence-electron chi connectivity index (χ0n) is 21.0. The van der Waals surface area contributed by atoms with Gasteiger partial charge in [-0.15, -0.1) is 0 Å². The number of rotatable bonds is 9. The predicted octanol–water partition coefficient (Wildman–Crippen LogP) is 4.82. The molecular weight excluding hydrogens is 408 g/mol. The molecule has 182 valence electrons. The molecule has 6 aliphatic rings. The first-order valence-electron chi connectivity index (χ1n) is 14.1. The summed E-state index contributed by atoms with van der Waals surface area (Å²) < 4.78 is 0.899. The van der Waals surface area contributed by atoms with Gasteiger partial charge >= 0.3 is 0 Å². The Morgan fingerprint density at radius 2 is 1.73 bits per heavy atom. The van der Waals surface area contributed by atoms with Crippen LogP contribution in [0, 0.1) is 17.8 Å². The summed E-state index contributed by atoms with van der Waals surface area (Å²) in [5.41, 5.74) is 2.58. The van der Waals surface area contributed by atoms with Gasteiger partial charge < -0.3 is 15.1 Å². The number of benzene rings is 1. The highest BCUT2D eigenvalue weighted by Crippen LogP contribution is 2.71. The van der Waals surface area contributed by atoms with Crippen molar-refractivity contribution in [3.05, 3.63) is 29.8 Å². The Morgan fingerprint density at radius 1 is 1.00 bits per heavy atom. The van der Waals surface area contributed by atoms with Gasteiger partial charge in [0.2, 0.25) is 0 Å². The zero-order valence-corrected chi connectivity index (χ0v) is 21.0. The van der Waals surface area contributed by atoms with E-state index in [0.29, 0.717) is 35.9 Å². The lowest BCUT2D eigenvalue weighted by molar-refractivity contribution is -1.04. The fourth-order valence-corrected chi connectivity index (χ4v) is 10.2. The molecule has 1 saturated carbocycles. The molecule has 0 amide bonds. The molecule has 5 bridgehead atoms. The van der Waals surface area contributed by atoms with Crippen molar-refractivity contribution in [1.29, 1.82) is 0 Å². The number of likely N-dealkylation sites (N-methyl/N-ethyl adjacent to an activating group) is 1. The third-order valence-electron chi connectivity index (χ3n) is 11.3. The maximum absolute atomic E-state index is 12.1. The minimum atomic E-state index is -0.274. The lowest BCUT2D eigenvalue weighted by Gasteiger charge is -2.68. The van der Waals surface area contributed by atoms with Gasteiger partial charge in [-0.05, 0) is 36.8 Å². The fourth-order valence-electron chi connectivity index (χ4n) is 10.2. The van der Waals surface area contributed by atoms with Crippen LogP contribution in [0.25, 0.3) is 0 Å². The number of fused-ring (bicyclic) bond motifs is 2. The Hall–Kier alpha value is -1.10. The number of quaternary nitrogens is 1. The van der Waals surface area contributed by atoms with Gasteiger partial charge in [-0.2, -0.15) is 0 Å². The number of hydrogen-bond acceptors (Lipinski definition) is 3. The van der Waals surface area contributed by atoms with Crippen LogP contribution in [0.4, 0.5) is 5.69 Å². The van der Waals surface area contributed by atoms with Gasteiger partial charge in [0.05, 0.1) is 30.1 Å². The van der Waals surface area contributed by atoms with Crippen molar-refractivity contribution in [2.24, 2.45) is 17.8 Å². The highest BCUT2D eigenvalue weighted by Gasteiger charge is 2.82. The number of nitrogens with zero attached hydrogens (tertiary/aromatic N) is 2. The van der Waals surface area contributed by atoms with Crippen LogP contribution < -0.4 is 4.90 Å². The Balaban J connectivity index is 1.36. The van der Waals surface area contributed by atoms with E-state index in [-0.39, 0.29) is 17.7 Å². The normalized spacial score (nSPS) is 46.2. The molecule has 1 spiro atoms. The molecular formula is C29H45N2O2+. The van der Waals surface area contributed by atoms with E-state index in [1.54, 1.807) is 0 Å². The molecule has 10 atom stereocenters. The zero-order chi connectivity index (χ0) is 23.0. The van der Waals surface area contributed by atoms with Crippen LogP contribution >= 0.6 is 0 Å². The monoisotopic (exact) mass is 453 g/mol. The highest BCUT2D eigenvalue weighted by molar-refractivity contribution is 5.66. The molecule has 4 saturated heterocycles. The summed E-state index contributed by atoms with van der Waals surface area (Å²) in [5.74, 6) is 1.18. The van der Waals surface area contributed by atoms with Crippen molar-refractivity contribution >= 4 is 5.69 Å². The second-order valence-corrected chi connectivity index (χ2v) is 12.2. The van der Waals surface area contributed by atoms with E-state index in [9.17, 15) is 10.2 Å². The summed E-state index contributed by atoms with van der Waals surface area (Å²) in [5, 5.41) is 24.1. The molecule has 0 radical (unpaired) electrons. The minimum absolute atomic E-state index is 0.135. The number of aliphatic hydroxyl groups is 2. The number of anilines is 1. The van der Waals surface area contributed by atoms with E-state index < -0.39 is 0 Å². The number of unbranched alkanes of at least 4 members (excludes halogenated alkanes) is 6. The first-order chi connectivity index (χ1) is 16.0. The van der Waals surface area contributed by atoms with Crippen molar-refractivity contribution in [1.82, 2.24) is 0 Å². The van der Waals surface area contributed by atoms with Crippen molar-refractivity contribution in [3.63, 3.8) is 0 Å². The summed E-state index contributed by atoms with van der Waals surface area (Å²) in [6.45, 7) is 5.65. The maximum Gasteiger partial charge on any atom is 0.194 e. The molecule has 1 aromatic rings. The lowest BCUT2D eigenvalue weighted by atomic mass is 9.60. The predicted molar refractivity (Wildman–Crippen MR) is 133 cm³/mol. The summed E-state index contributed by atoms with van der Waals surface area (Å²) >= 11 is 0. The van der Waals surface area contributed by atoms with Crippen LogP contribution in [0.1, 0.15) is 83.6 Å². The molecule has 4 nitrogen and oxygen atoms in total. The van der Waals surface area contributed by atoms with Gasteiger partial charge in [0.15, 0.2) is 6.23 Å². The van der Waals surface area contributed by atoms with Crippen molar-refractivity contribution in [2.75, 3.05) is 18.5 Å². The number of aliphatic hydroxyl groups excluding tert-OH is 2. The van der Waals surface area contributed by atoms with Crippen molar-refractivity contribution < 1.29 is 14.7 Å². The summed E-state index contributed by atoms with van der Waals surface area (Å²) in [4.78, 5) is 2.51. The van der Waals surface area contributed by atoms with Gasteiger partial charge in [0.25, 0.3) is 0 Å². The highest BCUT2D eigenvalue weighted by atomic mass is 16.3. The van der Waals surface area contributed by atoms with Gasteiger partial charge in [-0.1, -0.05) is 64.2 Å². The van der Waals surface area contributed by atoms with Crippen LogP contribution in [0.15, 0.2) is 24.3 Å². The summed E-state index contributed by atoms with van der Waals surface area (Å²) in [6, 6.07) is 10.1. The molecule has 5 heterocycles. The van der Waals surface area contributed by atoms with E-state index in [4.69, 9.17) is 0 Å². The van der Waals surface area contributed by atoms with Crippen LogP contribution in [0.2, 0.25) is 0 Å². The van der Waals surface area contributed by atoms with Crippen molar-refractivity contribution in [2.45, 2.75) is 114 Å². The second-order valence-electron chi connectivity index (χ2n) is 12.2. The smallest absolute Gasteiger partial charge is 0.194 e. The quantitative estimate of drug-likeness (QED) is 0.416. The number of piperidine rings is 4. The first kappa shape index (κ1) is 22.4. The molecule has 1 aromatic carbocycles. The molecule has 4 heteroatoms. The van der Waals surface area contributed by atoms with Gasteiger partial charge in [0.1, 0.15) is 6.04 Å². The first-order valence-corrected chi connectivity index (χ1v) is 14.1. The molecule has 33 heavy (non-hydrogen) atoms. The molecule has 2 N–H and O–H groups in total. The van der Waals surface area contributed by atoms with Crippen molar-refractivity contribution in [3.8, 4) is 0 Å². The Labute approximate surface area is 200 Å². The van der Waals surface area contributed by atoms with Gasteiger partial charge in [0, 0.05) is 37.4 Å². The molecule has 1 aliphatic carbocycles. The molecule has 0 aromatic heterocycles. The Bertz CT molecular complexity index is 890. The van der Waals surface area contributed by atoms with E-state index >= 15 is 0 Å². The number of para-hydroxylation sites is 1. The molecule has 7 rings (SSSR count). The standard InChI is InChI=1S/C29H45N2O2/c1-4-6-7-8-9-10-13-16-31-23-17-20(19(5-2)28(31)33)25-24(31)18-29(27(25)32)21-14-11-12-15-22(21)30(3)26(23)29/h11-12,14-15,19-20,23-28,32-33H,4-10,13,16-18H2,1-3H3/q+1/t19-,20+,23-,24-,25+,26-,27-,28+,29+,31+/m0/s1. The second kappa shape index (κ2) is 7.96. The fraction of sp³-hybridized carbons (Fsp3) is 0.793. The van der Waals surface area contributed by atoms with E-state index in [1.165, 1.54) is 62.6 Å². The van der Waals surface area contributed by atoms with Crippen LogP contribution in [-0.2, 0) is 5.41 Å². The minimum Gasteiger partial charge on any atom is -0.392 e. The van der Waals surface area contributed by atoms with E-state index in [1.807, 2.05) is 0 Å².